The summed E-state index contributed by atoms with van der Waals surface area (Å²) in [5, 5.41) is 28.9. The van der Waals surface area contributed by atoms with E-state index in [2.05, 4.69) is 0 Å². The van der Waals surface area contributed by atoms with Gasteiger partial charge in [-0.2, -0.15) is 0 Å². The van der Waals surface area contributed by atoms with Crippen LogP contribution in [0.15, 0.2) is 47.4 Å². The van der Waals surface area contributed by atoms with Crippen molar-refractivity contribution in [1.29, 1.82) is 0 Å². The maximum absolute atomic E-state index is 13.4. The van der Waals surface area contributed by atoms with Gasteiger partial charge in [0, 0.05) is 12.3 Å². The van der Waals surface area contributed by atoms with Crippen LogP contribution in [0.3, 0.4) is 0 Å². The molecule has 112 valence electrons. The van der Waals surface area contributed by atoms with Crippen LogP contribution in [0.25, 0.3) is 16.5 Å². The predicted molar refractivity (Wildman–Crippen MR) is 78.8 cm³/mol. The molecule has 6 heteroatoms. The Morgan fingerprint density at radius 1 is 1.05 bits per heavy atom. The summed E-state index contributed by atoms with van der Waals surface area (Å²) in [6.45, 7) is -0.254. The first-order chi connectivity index (χ1) is 10.5. The molecule has 0 aliphatic heterocycles. The minimum absolute atomic E-state index is 0.0770. The van der Waals surface area contributed by atoms with Gasteiger partial charge in [0.1, 0.15) is 5.75 Å². The summed E-state index contributed by atoms with van der Waals surface area (Å²) in [7, 11) is 0. The lowest BCUT2D eigenvalue weighted by Gasteiger charge is -2.10. The van der Waals surface area contributed by atoms with Gasteiger partial charge in [0.2, 0.25) is 0 Å². The fourth-order valence-corrected chi connectivity index (χ4v) is 2.36. The van der Waals surface area contributed by atoms with E-state index in [1.165, 1.54) is 22.9 Å². The summed E-state index contributed by atoms with van der Waals surface area (Å²) in [5.74, 6) is -1.60. The van der Waals surface area contributed by atoms with Crippen molar-refractivity contribution >= 4 is 10.8 Å². The molecule has 22 heavy (non-hydrogen) atoms. The highest BCUT2D eigenvalue weighted by Gasteiger charge is 2.11. The standard InChI is InChI=1S/C16H12FNO4/c17-12-7-11(1-2-13(12)20)18-4-3-10-5-9(8-19)6-14(21)15(10)16(18)22/h1-7,19-21H,8H2. The van der Waals surface area contributed by atoms with Crippen LogP contribution in [-0.4, -0.2) is 19.9 Å². The number of benzene rings is 2. The van der Waals surface area contributed by atoms with E-state index in [-0.39, 0.29) is 23.4 Å². The Bertz CT molecular complexity index is 933. The van der Waals surface area contributed by atoms with Gasteiger partial charge >= 0.3 is 0 Å². The number of hydrogen-bond acceptors (Lipinski definition) is 4. The summed E-state index contributed by atoms with van der Waals surface area (Å²) in [6.07, 6.45) is 1.44. The summed E-state index contributed by atoms with van der Waals surface area (Å²) in [4.78, 5) is 12.5. The van der Waals surface area contributed by atoms with E-state index in [9.17, 15) is 19.4 Å². The van der Waals surface area contributed by atoms with E-state index in [0.29, 0.717) is 10.9 Å². The van der Waals surface area contributed by atoms with Crippen molar-refractivity contribution in [3.8, 4) is 17.2 Å². The molecule has 3 rings (SSSR count). The number of nitrogens with zero attached hydrogens (tertiary/aromatic N) is 1. The van der Waals surface area contributed by atoms with Crippen LogP contribution in [0.2, 0.25) is 0 Å². The van der Waals surface area contributed by atoms with Gasteiger partial charge in [-0.3, -0.25) is 9.36 Å². The van der Waals surface area contributed by atoms with E-state index >= 15 is 0 Å². The molecule has 1 heterocycles. The first kappa shape index (κ1) is 14.1. The quantitative estimate of drug-likeness (QED) is 0.676. The second-order valence-electron chi connectivity index (χ2n) is 4.86. The van der Waals surface area contributed by atoms with Crippen molar-refractivity contribution in [3.63, 3.8) is 0 Å². The molecule has 0 aliphatic rings. The number of halogens is 1. The SMILES string of the molecule is O=c1c2c(O)cc(CO)cc2ccn1-c1ccc(O)c(F)c1. The number of rotatable bonds is 2. The third kappa shape index (κ3) is 2.19. The highest BCUT2D eigenvalue weighted by molar-refractivity contribution is 5.88. The Labute approximate surface area is 124 Å². The minimum Gasteiger partial charge on any atom is -0.507 e. The fourth-order valence-electron chi connectivity index (χ4n) is 2.36. The number of aliphatic hydroxyl groups excluding tert-OH is 1. The largest absolute Gasteiger partial charge is 0.507 e. The van der Waals surface area contributed by atoms with Crippen molar-refractivity contribution in [1.82, 2.24) is 4.57 Å². The predicted octanol–water partition coefficient (Wildman–Crippen LogP) is 2.03. The second-order valence-corrected chi connectivity index (χ2v) is 4.86. The maximum atomic E-state index is 13.4. The van der Waals surface area contributed by atoms with Gasteiger partial charge in [0.25, 0.3) is 5.56 Å². The van der Waals surface area contributed by atoms with Crippen LogP contribution in [0.5, 0.6) is 11.5 Å². The van der Waals surface area contributed by atoms with Gasteiger partial charge < -0.3 is 15.3 Å². The molecule has 0 amide bonds. The molecule has 0 unspecified atom stereocenters. The Hall–Kier alpha value is -2.86. The molecular weight excluding hydrogens is 289 g/mol. The topological polar surface area (TPSA) is 82.7 Å². The molecule has 0 bridgehead atoms. The van der Waals surface area contributed by atoms with E-state index in [1.807, 2.05) is 0 Å². The third-order valence-corrected chi connectivity index (χ3v) is 3.44. The Morgan fingerprint density at radius 2 is 1.82 bits per heavy atom. The third-order valence-electron chi connectivity index (χ3n) is 3.44. The molecule has 0 aliphatic carbocycles. The first-order valence-electron chi connectivity index (χ1n) is 6.48. The number of hydrogen-bond donors (Lipinski definition) is 3. The highest BCUT2D eigenvalue weighted by Crippen LogP contribution is 2.25. The van der Waals surface area contributed by atoms with Crippen molar-refractivity contribution in [2.75, 3.05) is 0 Å². The molecule has 1 aromatic heterocycles. The zero-order valence-corrected chi connectivity index (χ0v) is 11.3. The maximum Gasteiger partial charge on any atom is 0.266 e. The molecule has 2 aromatic carbocycles. The molecule has 0 saturated carbocycles. The lowest BCUT2D eigenvalue weighted by atomic mass is 10.1. The number of phenolic OH excluding ortho intramolecular Hbond substituents is 2. The zero-order valence-electron chi connectivity index (χ0n) is 11.3. The lowest BCUT2D eigenvalue weighted by Crippen LogP contribution is -2.18. The number of aliphatic hydroxyl groups is 1. The molecule has 0 fully saturated rings. The van der Waals surface area contributed by atoms with E-state index in [0.717, 1.165) is 12.1 Å². The zero-order chi connectivity index (χ0) is 15.9. The number of fused-ring (bicyclic) bond motifs is 1. The van der Waals surface area contributed by atoms with E-state index in [1.54, 1.807) is 12.1 Å². The summed E-state index contributed by atoms with van der Waals surface area (Å²) >= 11 is 0. The highest BCUT2D eigenvalue weighted by atomic mass is 19.1. The van der Waals surface area contributed by atoms with Crippen LogP contribution in [0.1, 0.15) is 5.56 Å². The summed E-state index contributed by atoms with van der Waals surface area (Å²) in [5.41, 5.74) is 0.190. The van der Waals surface area contributed by atoms with Gasteiger partial charge in [-0.15, -0.1) is 0 Å². The molecule has 0 saturated heterocycles. The monoisotopic (exact) mass is 301 g/mol. The number of aromatic nitrogens is 1. The van der Waals surface area contributed by atoms with Gasteiger partial charge in [0.05, 0.1) is 17.7 Å². The Balaban J connectivity index is 2.28. The van der Waals surface area contributed by atoms with E-state index in [4.69, 9.17) is 5.11 Å². The van der Waals surface area contributed by atoms with Crippen LogP contribution in [0.4, 0.5) is 4.39 Å². The lowest BCUT2D eigenvalue weighted by molar-refractivity contribution is 0.281. The number of aromatic hydroxyl groups is 2. The molecule has 0 radical (unpaired) electrons. The molecular formula is C16H12FNO4. The van der Waals surface area contributed by atoms with Gasteiger partial charge in [-0.1, -0.05) is 0 Å². The number of phenols is 2. The minimum atomic E-state index is -0.843. The van der Waals surface area contributed by atoms with E-state index < -0.39 is 17.1 Å². The normalized spacial score (nSPS) is 11.0. The summed E-state index contributed by atoms with van der Waals surface area (Å²) < 4.78 is 14.6. The van der Waals surface area contributed by atoms with Crippen molar-refractivity contribution in [2.45, 2.75) is 6.61 Å². The molecule has 3 aromatic rings. The Morgan fingerprint density at radius 3 is 2.50 bits per heavy atom. The Kier molecular flexibility index (Phi) is 3.30. The van der Waals surface area contributed by atoms with Gasteiger partial charge in [-0.25, -0.2) is 4.39 Å². The first-order valence-corrected chi connectivity index (χ1v) is 6.48. The van der Waals surface area contributed by atoms with Crippen molar-refractivity contribution < 1.29 is 19.7 Å². The smallest absolute Gasteiger partial charge is 0.266 e. The van der Waals surface area contributed by atoms with Crippen LogP contribution < -0.4 is 5.56 Å². The fraction of sp³-hybridized carbons (Fsp3) is 0.0625. The van der Waals surface area contributed by atoms with Crippen molar-refractivity contribution in [2.24, 2.45) is 0 Å². The molecule has 0 atom stereocenters. The molecule has 5 nitrogen and oxygen atoms in total. The van der Waals surface area contributed by atoms with Crippen molar-refractivity contribution in [3.05, 3.63) is 64.3 Å². The van der Waals surface area contributed by atoms with Crippen LogP contribution in [-0.2, 0) is 6.61 Å². The molecule has 3 N–H and O–H groups in total. The number of pyridine rings is 1. The summed E-state index contributed by atoms with van der Waals surface area (Å²) in [6, 6.07) is 8.06. The second kappa shape index (κ2) is 5.16. The average Bonchev–Trinajstić information content (AvgIpc) is 2.50. The average molecular weight is 301 g/mol. The van der Waals surface area contributed by atoms with Crippen LogP contribution in [0, 0.1) is 5.82 Å². The van der Waals surface area contributed by atoms with Crippen LogP contribution >= 0.6 is 0 Å². The van der Waals surface area contributed by atoms with Gasteiger partial charge in [-0.05, 0) is 41.3 Å². The molecule has 0 spiro atoms. The van der Waals surface area contributed by atoms with Gasteiger partial charge in [0.15, 0.2) is 11.6 Å².